The molecule has 2 N–H and O–H groups in total. The van der Waals surface area contributed by atoms with Crippen LogP contribution in [-0.4, -0.2) is 27.4 Å². The fraction of sp³-hybridized carbons (Fsp3) is 0.636. The molecular weight excluding hydrogens is 206 g/mol. The first kappa shape index (κ1) is 12.7. The van der Waals surface area contributed by atoms with Crippen molar-refractivity contribution in [2.24, 2.45) is 7.05 Å². The zero-order valence-corrected chi connectivity index (χ0v) is 9.65. The zero-order chi connectivity index (χ0) is 11.8. The van der Waals surface area contributed by atoms with Gasteiger partial charge in [-0.2, -0.15) is 5.10 Å². The third-order valence-electron chi connectivity index (χ3n) is 2.33. The highest BCUT2D eigenvalue weighted by Gasteiger charge is 1.97. The van der Waals surface area contributed by atoms with Crippen molar-refractivity contribution in [1.29, 1.82) is 0 Å². The SMILES string of the molecule is Cn1cc(CNCCCCCC(=O)O)cn1. The van der Waals surface area contributed by atoms with Crippen LogP contribution in [0.2, 0.25) is 0 Å². The van der Waals surface area contributed by atoms with E-state index < -0.39 is 5.97 Å². The largest absolute Gasteiger partial charge is 0.481 e. The molecule has 1 aromatic rings. The Kier molecular flexibility index (Phi) is 5.56. The monoisotopic (exact) mass is 225 g/mol. The van der Waals surface area contributed by atoms with Gasteiger partial charge in [0.2, 0.25) is 0 Å². The van der Waals surface area contributed by atoms with Gasteiger partial charge in [0.1, 0.15) is 0 Å². The van der Waals surface area contributed by atoms with Crippen LogP contribution in [-0.2, 0) is 18.4 Å². The molecule has 0 saturated carbocycles. The zero-order valence-electron chi connectivity index (χ0n) is 9.65. The van der Waals surface area contributed by atoms with E-state index in [1.54, 1.807) is 4.68 Å². The van der Waals surface area contributed by atoms with Crippen molar-refractivity contribution in [3.63, 3.8) is 0 Å². The molecule has 0 aromatic carbocycles. The summed E-state index contributed by atoms with van der Waals surface area (Å²) in [5.41, 5.74) is 1.17. The number of nitrogens with zero attached hydrogens (tertiary/aromatic N) is 2. The summed E-state index contributed by atoms with van der Waals surface area (Å²) >= 11 is 0. The Labute approximate surface area is 95.5 Å². The van der Waals surface area contributed by atoms with Crippen LogP contribution >= 0.6 is 0 Å². The predicted molar refractivity (Wildman–Crippen MR) is 61.0 cm³/mol. The van der Waals surface area contributed by atoms with Gasteiger partial charge in [-0.1, -0.05) is 6.42 Å². The third kappa shape index (κ3) is 5.50. The number of carboxylic acid groups (broad SMARTS) is 1. The molecule has 16 heavy (non-hydrogen) atoms. The maximum atomic E-state index is 10.3. The maximum absolute atomic E-state index is 10.3. The van der Waals surface area contributed by atoms with E-state index in [-0.39, 0.29) is 6.42 Å². The van der Waals surface area contributed by atoms with Gasteiger partial charge in [-0.25, -0.2) is 0 Å². The van der Waals surface area contributed by atoms with Crippen LogP contribution in [0.5, 0.6) is 0 Å². The molecule has 0 saturated heterocycles. The first-order chi connectivity index (χ1) is 7.68. The molecule has 0 amide bonds. The van der Waals surface area contributed by atoms with Gasteiger partial charge in [0.25, 0.3) is 0 Å². The molecule has 90 valence electrons. The molecule has 5 heteroatoms. The Balaban J connectivity index is 1.94. The van der Waals surface area contributed by atoms with E-state index in [1.807, 2.05) is 19.4 Å². The Morgan fingerprint density at radius 1 is 1.50 bits per heavy atom. The average molecular weight is 225 g/mol. The van der Waals surface area contributed by atoms with Crippen LogP contribution < -0.4 is 5.32 Å². The van der Waals surface area contributed by atoms with Crippen LogP contribution in [0.4, 0.5) is 0 Å². The summed E-state index contributed by atoms with van der Waals surface area (Å²) < 4.78 is 1.78. The summed E-state index contributed by atoms with van der Waals surface area (Å²) in [6, 6.07) is 0. The summed E-state index contributed by atoms with van der Waals surface area (Å²) in [6.45, 7) is 1.75. The smallest absolute Gasteiger partial charge is 0.303 e. The lowest BCUT2D eigenvalue weighted by molar-refractivity contribution is -0.137. The number of carbonyl (C=O) groups is 1. The number of nitrogens with one attached hydrogen (secondary N) is 1. The van der Waals surface area contributed by atoms with Gasteiger partial charge in [0.05, 0.1) is 6.20 Å². The Morgan fingerprint density at radius 2 is 2.31 bits per heavy atom. The van der Waals surface area contributed by atoms with E-state index >= 15 is 0 Å². The first-order valence-electron chi connectivity index (χ1n) is 5.58. The minimum absolute atomic E-state index is 0.280. The highest BCUT2D eigenvalue weighted by Crippen LogP contribution is 1.99. The predicted octanol–water partition coefficient (Wildman–Crippen LogP) is 1.15. The van der Waals surface area contributed by atoms with E-state index in [4.69, 9.17) is 5.11 Å². The number of unbranched alkanes of at least 4 members (excludes halogenated alkanes) is 2. The van der Waals surface area contributed by atoms with Crippen molar-refractivity contribution in [2.75, 3.05) is 6.54 Å². The lowest BCUT2D eigenvalue weighted by Crippen LogP contribution is -2.14. The molecular formula is C11H19N3O2. The van der Waals surface area contributed by atoms with Crippen molar-refractivity contribution in [3.8, 4) is 0 Å². The molecule has 0 aliphatic rings. The van der Waals surface area contributed by atoms with Crippen molar-refractivity contribution >= 4 is 5.97 Å². The number of aryl methyl sites for hydroxylation is 1. The van der Waals surface area contributed by atoms with Gasteiger partial charge in [0, 0.05) is 31.8 Å². The maximum Gasteiger partial charge on any atom is 0.303 e. The van der Waals surface area contributed by atoms with Gasteiger partial charge in [-0.3, -0.25) is 9.48 Å². The van der Waals surface area contributed by atoms with Crippen LogP contribution in [0.25, 0.3) is 0 Å². The summed E-state index contributed by atoms with van der Waals surface area (Å²) in [4.78, 5) is 10.3. The van der Waals surface area contributed by atoms with Gasteiger partial charge in [-0.05, 0) is 19.4 Å². The fourth-order valence-corrected chi connectivity index (χ4v) is 1.50. The molecule has 5 nitrogen and oxygen atoms in total. The normalized spacial score (nSPS) is 10.6. The van der Waals surface area contributed by atoms with Crippen molar-refractivity contribution in [3.05, 3.63) is 18.0 Å². The quantitative estimate of drug-likeness (QED) is 0.651. The summed E-state index contributed by atoms with van der Waals surface area (Å²) in [5, 5.41) is 15.8. The molecule has 0 fully saturated rings. The highest BCUT2D eigenvalue weighted by molar-refractivity contribution is 5.66. The minimum Gasteiger partial charge on any atom is -0.481 e. The average Bonchev–Trinajstić information content (AvgIpc) is 2.62. The molecule has 0 radical (unpaired) electrons. The number of aromatic nitrogens is 2. The van der Waals surface area contributed by atoms with Gasteiger partial charge in [0.15, 0.2) is 0 Å². The highest BCUT2D eigenvalue weighted by atomic mass is 16.4. The number of rotatable bonds is 8. The molecule has 1 rings (SSSR count). The second kappa shape index (κ2) is 7.00. The number of hydrogen-bond donors (Lipinski definition) is 2. The van der Waals surface area contributed by atoms with E-state index in [0.717, 1.165) is 32.4 Å². The molecule has 1 heterocycles. The van der Waals surface area contributed by atoms with E-state index in [0.29, 0.717) is 0 Å². The van der Waals surface area contributed by atoms with Crippen LogP contribution in [0.1, 0.15) is 31.2 Å². The standard InChI is InChI=1S/C11H19N3O2/c1-14-9-10(8-13-14)7-12-6-4-2-3-5-11(15)16/h8-9,12H,2-7H2,1H3,(H,15,16). The third-order valence-corrected chi connectivity index (χ3v) is 2.33. The van der Waals surface area contributed by atoms with Crippen molar-refractivity contribution < 1.29 is 9.90 Å². The first-order valence-corrected chi connectivity index (χ1v) is 5.58. The van der Waals surface area contributed by atoms with Crippen LogP contribution in [0, 0.1) is 0 Å². The van der Waals surface area contributed by atoms with Crippen LogP contribution in [0.15, 0.2) is 12.4 Å². The van der Waals surface area contributed by atoms with E-state index in [9.17, 15) is 4.79 Å². The fourth-order valence-electron chi connectivity index (χ4n) is 1.50. The number of hydrogen-bond acceptors (Lipinski definition) is 3. The van der Waals surface area contributed by atoms with Gasteiger partial charge >= 0.3 is 5.97 Å². The van der Waals surface area contributed by atoms with Gasteiger partial charge < -0.3 is 10.4 Å². The molecule has 0 aliphatic heterocycles. The Hall–Kier alpha value is -1.36. The van der Waals surface area contributed by atoms with Crippen molar-refractivity contribution in [1.82, 2.24) is 15.1 Å². The molecule has 1 aromatic heterocycles. The lowest BCUT2D eigenvalue weighted by atomic mass is 10.2. The number of aliphatic carboxylic acids is 1. The van der Waals surface area contributed by atoms with E-state index in [1.165, 1.54) is 5.56 Å². The summed E-state index contributed by atoms with van der Waals surface area (Å²) in [7, 11) is 1.90. The number of carboxylic acids is 1. The summed E-state index contributed by atoms with van der Waals surface area (Å²) in [5.74, 6) is -0.705. The van der Waals surface area contributed by atoms with Gasteiger partial charge in [-0.15, -0.1) is 0 Å². The van der Waals surface area contributed by atoms with Crippen molar-refractivity contribution in [2.45, 2.75) is 32.2 Å². The summed E-state index contributed by atoms with van der Waals surface area (Å²) in [6.07, 6.45) is 6.86. The second-order valence-corrected chi connectivity index (χ2v) is 3.90. The molecule has 0 atom stereocenters. The second-order valence-electron chi connectivity index (χ2n) is 3.90. The lowest BCUT2D eigenvalue weighted by Gasteiger charge is -2.02. The minimum atomic E-state index is -0.705. The van der Waals surface area contributed by atoms with Crippen LogP contribution in [0.3, 0.4) is 0 Å². The molecule has 0 unspecified atom stereocenters. The molecule has 0 spiro atoms. The topological polar surface area (TPSA) is 67.2 Å². The van der Waals surface area contributed by atoms with E-state index in [2.05, 4.69) is 10.4 Å². The Bertz CT molecular complexity index is 323. The molecule has 0 aliphatic carbocycles. The Morgan fingerprint density at radius 3 is 2.94 bits per heavy atom. The molecule has 0 bridgehead atoms.